The summed E-state index contributed by atoms with van der Waals surface area (Å²) in [4.78, 5) is 37.1. The first-order valence-corrected chi connectivity index (χ1v) is 12.2. The number of likely N-dealkylation sites (tertiary alicyclic amines) is 1. The maximum Gasteiger partial charge on any atom is 0.273 e. The van der Waals surface area contributed by atoms with Gasteiger partial charge in [0.15, 0.2) is 5.13 Å². The normalized spacial score (nSPS) is 17.3. The molecule has 1 fully saturated rings. The largest absolute Gasteiger partial charge is 0.322 e. The highest BCUT2D eigenvalue weighted by Crippen LogP contribution is 2.33. The average molecular weight is 487 g/mol. The van der Waals surface area contributed by atoms with Crippen molar-refractivity contribution < 1.29 is 14.0 Å². The Morgan fingerprint density at radius 3 is 2.43 bits per heavy atom. The van der Waals surface area contributed by atoms with Crippen LogP contribution in [0.4, 0.5) is 9.52 Å². The molecular formula is C27H23FN4O2S. The molecule has 5 rings (SSSR count). The van der Waals surface area contributed by atoms with E-state index in [1.54, 1.807) is 18.2 Å². The minimum Gasteiger partial charge on any atom is -0.322 e. The first-order valence-electron chi connectivity index (χ1n) is 11.3. The zero-order chi connectivity index (χ0) is 24.2. The van der Waals surface area contributed by atoms with Crippen LogP contribution in [-0.4, -0.2) is 45.4 Å². The number of aromatic nitrogens is 2. The smallest absolute Gasteiger partial charge is 0.273 e. The van der Waals surface area contributed by atoms with Gasteiger partial charge in [-0.15, -0.1) is 11.3 Å². The van der Waals surface area contributed by atoms with Crippen molar-refractivity contribution in [1.82, 2.24) is 14.9 Å². The highest BCUT2D eigenvalue weighted by atomic mass is 32.1. The molecule has 1 aliphatic rings. The van der Waals surface area contributed by atoms with Gasteiger partial charge in [-0.3, -0.25) is 14.6 Å². The highest BCUT2D eigenvalue weighted by Gasteiger charge is 2.40. The fraction of sp³-hybridized carbons (Fsp3) is 0.185. The molecule has 0 aliphatic carbocycles. The van der Waals surface area contributed by atoms with E-state index in [2.05, 4.69) is 10.3 Å². The van der Waals surface area contributed by atoms with Crippen LogP contribution in [0.25, 0.3) is 11.3 Å². The van der Waals surface area contributed by atoms with Crippen LogP contribution in [-0.2, 0) is 11.2 Å². The molecule has 1 saturated heterocycles. The van der Waals surface area contributed by atoms with Crippen LogP contribution >= 0.6 is 11.3 Å². The summed E-state index contributed by atoms with van der Waals surface area (Å²) >= 11 is 1.39. The first kappa shape index (κ1) is 22.9. The summed E-state index contributed by atoms with van der Waals surface area (Å²) in [7, 11) is 0. The number of nitrogens with one attached hydrogen (secondary N) is 1. The van der Waals surface area contributed by atoms with E-state index in [-0.39, 0.29) is 18.7 Å². The maximum absolute atomic E-state index is 14.3. The van der Waals surface area contributed by atoms with Gasteiger partial charge in [0.25, 0.3) is 5.91 Å². The minimum absolute atomic E-state index is 0.0573. The third-order valence-corrected chi connectivity index (χ3v) is 6.85. The van der Waals surface area contributed by atoms with Crippen molar-refractivity contribution in [2.75, 3.05) is 11.9 Å². The number of carbonyl (C=O) groups is 2. The molecule has 176 valence electrons. The predicted molar refractivity (Wildman–Crippen MR) is 134 cm³/mol. The van der Waals surface area contributed by atoms with Crippen molar-refractivity contribution in [3.05, 3.63) is 101 Å². The molecule has 2 amide bonds. The van der Waals surface area contributed by atoms with Gasteiger partial charge >= 0.3 is 0 Å². The fourth-order valence-electron chi connectivity index (χ4n) is 4.21. The second-order valence-corrected chi connectivity index (χ2v) is 9.41. The van der Waals surface area contributed by atoms with Crippen molar-refractivity contribution in [2.24, 2.45) is 0 Å². The lowest BCUT2D eigenvalue weighted by Crippen LogP contribution is -2.43. The first-order chi connectivity index (χ1) is 17.1. The Morgan fingerprint density at radius 1 is 1.00 bits per heavy atom. The molecule has 1 aliphatic heterocycles. The van der Waals surface area contributed by atoms with Crippen LogP contribution in [0.1, 0.15) is 27.3 Å². The van der Waals surface area contributed by atoms with E-state index in [0.29, 0.717) is 11.6 Å². The quantitative estimate of drug-likeness (QED) is 0.417. The number of thiazole rings is 1. The van der Waals surface area contributed by atoms with Gasteiger partial charge in [0.2, 0.25) is 5.91 Å². The third kappa shape index (κ3) is 5.12. The predicted octanol–water partition coefficient (Wildman–Crippen LogP) is 4.99. The lowest BCUT2D eigenvalue weighted by Gasteiger charge is -2.22. The topological polar surface area (TPSA) is 75.2 Å². The van der Waals surface area contributed by atoms with Crippen molar-refractivity contribution in [3.63, 3.8) is 0 Å². The number of hydrogen-bond donors (Lipinski definition) is 1. The number of nitrogens with zero attached hydrogens (tertiary/aromatic N) is 3. The second-order valence-electron chi connectivity index (χ2n) is 8.33. The van der Waals surface area contributed by atoms with Crippen LogP contribution < -0.4 is 5.32 Å². The number of anilines is 1. The van der Waals surface area contributed by atoms with E-state index in [0.717, 1.165) is 21.7 Å². The Balaban J connectivity index is 1.40. The monoisotopic (exact) mass is 486 g/mol. The molecule has 35 heavy (non-hydrogen) atoms. The van der Waals surface area contributed by atoms with Gasteiger partial charge in [0.1, 0.15) is 17.9 Å². The third-order valence-electron chi connectivity index (χ3n) is 5.88. The lowest BCUT2D eigenvalue weighted by molar-refractivity contribution is -0.119. The lowest BCUT2D eigenvalue weighted by atomic mass is 10.1. The number of alkyl halides is 1. The van der Waals surface area contributed by atoms with E-state index in [4.69, 9.17) is 4.98 Å². The Kier molecular flexibility index (Phi) is 6.63. The molecule has 2 aromatic carbocycles. The van der Waals surface area contributed by atoms with Crippen LogP contribution in [0.15, 0.2) is 85.1 Å². The van der Waals surface area contributed by atoms with E-state index >= 15 is 0 Å². The van der Waals surface area contributed by atoms with E-state index < -0.39 is 24.0 Å². The van der Waals surface area contributed by atoms with Gasteiger partial charge in [-0.25, -0.2) is 9.37 Å². The summed E-state index contributed by atoms with van der Waals surface area (Å²) in [6, 6.07) is 23.8. The molecule has 0 radical (unpaired) electrons. The minimum atomic E-state index is -1.27. The van der Waals surface area contributed by atoms with E-state index in [1.807, 2.05) is 60.7 Å². The molecule has 2 aromatic heterocycles. The number of benzene rings is 2. The SMILES string of the molecule is O=C(Nc1nc(-c2ccccc2)c(Cc2ccccc2)s1)[C@@H]1C[C@@H](F)CN1C(=O)c1ccccn1. The Labute approximate surface area is 206 Å². The van der Waals surface area contributed by atoms with E-state index in [9.17, 15) is 14.0 Å². The van der Waals surface area contributed by atoms with Gasteiger partial charge in [0, 0.05) is 29.5 Å². The fourth-order valence-corrected chi connectivity index (χ4v) is 5.23. The molecule has 1 N–H and O–H groups in total. The summed E-state index contributed by atoms with van der Waals surface area (Å²) in [6.07, 6.45) is 0.834. The van der Waals surface area contributed by atoms with E-state index in [1.165, 1.54) is 22.4 Å². The highest BCUT2D eigenvalue weighted by molar-refractivity contribution is 7.16. The van der Waals surface area contributed by atoms with Gasteiger partial charge < -0.3 is 10.2 Å². The number of carbonyl (C=O) groups excluding carboxylic acids is 2. The van der Waals surface area contributed by atoms with Crippen LogP contribution in [0.5, 0.6) is 0 Å². The number of amides is 2. The molecular weight excluding hydrogens is 463 g/mol. The Bertz CT molecular complexity index is 1320. The van der Waals surface area contributed by atoms with Crippen molar-refractivity contribution in [3.8, 4) is 11.3 Å². The second kappa shape index (κ2) is 10.1. The molecule has 6 nitrogen and oxygen atoms in total. The average Bonchev–Trinajstić information content (AvgIpc) is 3.48. The summed E-state index contributed by atoms with van der Waals surface area (Å²) in [5, 5.41) is 3.27. The zero-order valence-electron chi connectivity index (χ0n) is 18.8. The summed E-state index contributed by atoms with van der Waals surface area (Å²) < 4.78 is 14.3. The molecule has 0 spiro atoms. The van der Waals surface area contributed by atoms with Crippen molar-refractivity contribution in [1.29, 1.82) is 0 Å². The summed E-state index contributed by atoms with van der Waals surface area (Å²) in [5.74, 6) is -0.908. The number of halogens is 1. The van der Waals surface area contributed by atoms with Gasteiger partial charge in [0.05, 0.1) is 12.2 Å². The molecule has 0 unspecified atom stereocenters. The van der Waals surface area contributed by atoms with Crippen molar-refractivity contribution >= 4 is 28.3 Å². The molecule has 2 atom stereocenters. The maximum atomic E-state index is 14.3. The van der Waals surface area contributed by atoms with Gasteiger partial charge in [-0.2, -0.15) is 0 Å². The Morgan fingerprint density at radius 2 is 1.71 bits per heavy atom. The number of pyridine rings is 1. The molecule has 4 aromatic rings. The molecule has 3 heterocycles. The molecule has 0 saturated carbocycles. The van der Waals surface area contributed by atoms with Gasteiger partial charge in [-0.1, -0.05) is 66.7 Å². The molecule has 0 bridgehead atoms. The standard InChI is InChI=1S/C27H23FN4O2S/c28-20-16-22(32(17-20)26(34)21-13-7-8-14-29-21)25(33)31-27-30-24(19-11-5-2-6-12-19)23(35-27)15-18-9-3-1-4-10-18/h1-14,20,22H,15-17H2,(H,30,31,33)/t20-,22+/m1/s1. The summed E-state index contributed by atoms with van der Waals surface area (Å²) in [6.45, 7) is -0.139. The van der Waals surface area contributed by atoms with Gasteiger partial charge in [-0.05, 0) is 17.7 Å². The van der Waals surface area contributed by atoms with Crippen LogP contribution in [0.2, 0.25) is 0 Å². The number of hydrogen-bond acceptors (Lipinski definition) is 5. The summed E-state index contributed by atoms with van der Waals surface area (Å²) in [5.41, 5.74) is 3.07. The number of rotatable bonds is 6. The Hall–Kier alpha value is -3.91. The van der Waals surface area contributed by atoms with Crippen LogP contribution in [0, 0.1) is 0 Å². The van der Waals surface area contributed by atoms with Crippen LogP contribution in [0.3, 0.4) is 0 Å². The van der Waals surface area contributed by atoms with Crippen molar-refractivity contribution in [2.45, 2.75) is 25.1 Å². The molecule has 8 heteroatoms. The zero-order valence-corrected chi connectivity index (χ0v) is 19.6.